The molecule has 0 radical (unpaired) electrons. The van der Waals surface area contributed by atoms with Gasteiger partial charge in [0.25, 0.3) is 0 Å². The Balaban J connectivity index is 1.98. The minimum Gasteiger partial charge on any atom is -0.390 e. The van der Waals surface area contributed by atoms with E-state index in [0.29, 0.717) is 12.8 Å². The Kier molecular flexibility index (Phi) is 4.34. The third kappa shape index (κ3) is 3.20. The molecule has 0 unspecified atom stereocenters. The van der Waals surface area contributed by atoms with Crippen molar-refractivity contribution in [3.8, 4) is 0 Å². The van der Waals surface area contributed by atoms with Crippen LogP contribution < -0.4 is 0 Å². The summed E-state index contributed by atoms with van der Waals surface area (Å²) in [6, 6.07) is -0.315. The quantitative estimate of drug-likeness (QED) is 0.805. The van der Waals surface area contributed by atoms with Crippen molar-refractivity contribution in [2.75, 3.05) is 7.05 Å². The van der Waals surface area contributed by atoms with Crippen LogP contribution in [0.2, 0.25) is 0 Å². The van der Waals surface area contributed by atoms with Crippen molar-refractivity contribution in [2.24, 2.45) is 0 Å². The maximum absolute atomic E-state index is 12.0. The van der Waals surface area contributed by atoms with Gasteiger partial charge in [0.1, 0.15) is 6.10 Å². The van der Waals surface area contributed by atoms with Gasteiger partial charge in [-0.05, 0) is 25.8 Å². The van der Waals surface area contributed by atoms with Gasteiger partial charge in [-0.3, -0.25) is 4.79 Å². The summed E-state index contributed by atoms with van der Waals surface area (Å²) < 4.78 is 0. The molecule has 5 nitrogen and oxygen atoms in total. The van der Waals surface area contributed by atoms with Crippen LogP contribution in [-0.4, -0.2) is 51.3 Å². The number of hydrogen-bond acceptors (Lipinski definition) is 5. The molecule has 0 spiro atoms. The molecule has 19 heavy (non-hydrogen) atoms. The molecule has 2 rings (SSSR count). The first-order valence-corrected chi connectivity index (χ1v) is 7.10. The standard InChI is InChI=1S/C13H18N2O3S/c1-8-14-9(7-19-8)3-6-12(17)15(2)10-4-5-11(16)13(10)18/h3,6-7,10-11,13,16,18H,4-5H2,1-2H3/b6-3+/t10-,11-,13-/m1/s1. The number of carbonyl (C=O) groups excluding carboxylic acids is 1. The first-order valence-electron chi connectivity index (χ1n) is 6.22. The molecule has 6 heteroatoms. The van der Waals surface area contributed by atoms with E-state index in [-0.39, 0.29) is 11.9 Å². The monoisotopic (exact) mass is 282 g/mol. The number of aliphatic hydroxyl groups is 2. The van der Waals surface area contributed by atoms with Crippen molar-refractivity contribution in [1.29, 1.82) is 0 Å². The fourth-order valence-electron chi connectivity index (χ4n) is 2.26. The molecule has 2 N–H and O–H groups in total. The zero-order chi connectivity index (χ0) is 14.0. The molecule has 0 saturated heterocycles. The molecule has 1 fully saturated rings. The number of hydrogen-bond donors (Lipinski definition) is 2. The third-order valence-electron chi connectivity index (χ3n) is 3.43. The Morgan fingerprint density at radius 3 is 2.79 bits per heavy atom. The SMILES string of the molecule is Cc1nc(/C=C/C(=O)N(C)[C@@H]2CC[C@@H](O)[C@@H]2O)cs1. The summed E-state index contributed by atoms with van der Waals surface area (Å²) >= 11 is 1.53. The summed E-state index contributed by atoms with van der Waals surface area (Å²) in [5.74, 6) is -0.191. The lowest BCUT2D eigenvalue weighted by atomic mass is 10.1. The summed E-state index contributed by atoms with van der Waals surface area (Å²) in [4.78, 5) is 17.7. The van der Waals surface area contributed by atoms with Gasteiger partial charge in [0.05, 0.1) is 22.8 Å². The summed E-state index contributed by atoms with van der Waals surface area (Å²) in [5, 5.41) is 22.1. The Labute approximate surface area is 116 Å². The van der Waals surface area contributed by atoms with E-state index in [0.717, 1.165) is 10.7 Å². The molecule has 1 saturated carbocycles. The number of aliphatic hydroxyl groups excluding tert-OH is 2. The molecular formula is C13H18N2O3S. The van der Waals surface area contributed by atoms with Crippen LogP contribution in [0.4, 0.5) is 0 Å². The fourth-order valence-corrected chi connectivity index (χ4v) is 2.84. The first-order chi connectivity index (χ1) is 8.99. The van der Waals surface area contributed by atoms with Crippen molar-refractivity contribution in [2.45, 2.75) is 38.0 Å². The van der Waals surface area contributed by atoms with Gasteiger partial charge in [-0.15, -0.1) is 11.3 Å². The average molecular weight is 282 g/mol. The molecule has 0 bridgehead atoms. The van der Waals surface area contributed by atoms with Gasteiger partial charge >= 0.3 is 0 Å². The third-order valence-corrected chi connectivity index (χ3v) is 4.22. The summed E-state index contributed by atoms with van der Waals surface area (Å²) in [6.45, 7) is 1.91. The van der Waals surface area contributed by atoms with Crippen LogP contribution in [0, 0.1) is 6.92 Å². The van der Waals surface area contributed by atoms with E-state index in [9.17, 15) is 15.0 Å². The lowest BCUT2D eigenvalue weighted by Gasteiger charge is -2.26. The van der Waals surface area contributed by atoms with Crippen LogP contribution in [-0.2, 0) is 4.79 Å². The molecule has 104 valence electrons. The average Bonchev–Trinajstić information content (AvgIpc) is 2.94. The highest BCUT2D eigenvalue weighted by Gasteiger charge is 2.37. The molecule has 1 heterocycles. The van der Waals surface area contributed by atoms with Crippen LogP contribution in [0.15, 0.2) is 11.5 Å². The van der Waals surface area contributed by atoms with Gasteiger partial charge in [-0.1, -0.05) is 0 Å². The smallest absolute Gasteiger partial charge is 0.246 e. The zero-order valence-electron chi connectivity index (χ0n) is 11.0. The van der Waals surface area contributed by atoms with Gasteiger partial charge in [0, 0.05) is 18.5 Å². The number of amides is 1. The minimum absolute atomic E-state index is 0.191. The molecule has 1 aliphatic carbocycles. The van der Waals surface area contributed by atoms with E-state index in [4.69, 9.17) is 0 Å². The lowest BCUT2D eigenvalue weighted by Crippen LogP contribution is -2.43. The topological polar surface area (TPSA) is 73.7 Å². The highest BCUT2D eigenvalue weighted by molar-refractivity contribution is 7.09. The molecule has 1 amide bonds. The number of carbonyl (C=O) groups is 1. The van der Waals surface area contributed by atoms with Crippen molar-refractivity contribution in [3.05, 3.63) is 22.2 Å². The van der Waals surface area contributed by atoms with Crippen molar-refractivity contribution in [3.63, 3.8) is 0 Å². The second kappa shape index (κ2) is 5.81. The zero-order valence-corrected chi connectivity index (χ0v) is 11.8. The first kappa shape index (κ1) is 14.2. The van der Waals surface area contributed by atoms with E-state index in [2.05, 4.69) is 4.98 Å². The van der Waals surface area contributed by atoms with Gasteiger partial charge < -0.3 is 15.1 Å². The van der Waals surface area contributed by atoms with Crippen LogP contribution in [0.25, 0.3) is 6.08 Å². The second-order valence-electron chi connectivity index (χ2n) is 4.78. The van der Waals surface area contributed by atoms with E-state index >= 15 is 0 Å². The number of thiazole rings is 1. The molecule has 1 aromatic rings. The van der Waals surface area contributed by atoms with Gasteiger partial charge in [-0.25, -0.2) is 4.98 Å². The number of likely N-dealkylation sites (N-methyl/N-ethyl adjacent to an activating group) is 1. The molecule has 0 aliphatic heterocycles. The molecular weight excluding hydrogens is 264 g/mol. The molecule has 3 atom stereocenters. The summed E-state index contributed by atoms with van der Waals surface area (Å²) in [5.41, 5.74) is 0.760. The largest absolute Gasteiger partial charge is 0.390 e. The number of nitrogens with zero attached hydrogens (tertiary/aromatic N) is 2. The van der Waals surface area contributed by atoms with E-state index in [1.54, 1.807) is 13.1 Å². The van der Waals surface area contributed by atoms with Gasteiger partial charge in [0.2, 0.25) is 5.91 Å². The highest BCUT2D eigenvalue weighted by atomic mass is 32.1. The molecule has 1 aromatic heterocycles. The number of aromatic nitrogens is 1. The van der Waals surface area contributed by atoms with E-state index < -0.39 is 12.2 Å². The Bertz CT molecular complexity index is 486. The summed E-state index contributed by atoms with van der Waals surface area (Å²) in [6.07, 6.45) is 2.67. The van der Waals surface area contributed by atoms with E-state index in [1.807, 2.05) is 12.3 Å². The second-order valence-corrected chi connectivity index (χ2v) is 5.84. The lowest BCUT2D eigenvalue weighted by molar-refractivity contribution is -0.129. The van der Waals surface area contributed by atoms with Gasteiger partial charge in [-0.2, -0.15) is 0 Å². The van der Waals surface area contributed by atoms with Crippen LogP contribution in [0.1, 0.15) is 23.5 Å². The molecule has 1 aliphatic rings. The van der Waals surface area contributed by atoms with Crippen molar-refractivity contribution in [1.82, 2.24) is 9.88 Å². The number of aryl methyl sites for hydroxylation is 1. The van der Waals surface area contributed by atoms with Crippen molar-refractivity contribution >= 4 is 23.3 Å². The Morgan fingerprint density at radius 2 is 2.26 bits per heavy atom. The van der Waals surface area contributed by atoms with E-state index in [1.165, 1.54) is 22.3 Å². The maximum atomic E-state index is 12.0. The maximum Gasteiger partial charge on any atom is 0.246 e. The highest BCUT2D eigenvalue weighted by Crippen LogP contribution is 2.24. The van der Waals surface area contributed by atoms with Gasteiger partial charge in [0.15, 0.2) is 0 Å². The van der Waals surface area contributed by atoms with Crippen molar-refractivity contribution < 1.29 is 15.0 Å². The fraction of sp³-hybridized carbons (Fsp3) is 0.538. The Hall–Kier alpha value is -1.24. The minimum atomic E-state index is -0.858. The van der Waals surface area contributed by atoms with Crippen LogP contribution in [0.3, 0.4) is 0 Å². The molecule has 0 aromatic carbocycles. The Morgan fingerprint density at radius 1 is 1.53 bits per heavy atom. The predicted molar refractivity (Wildman–Crippen MR) is 73.7 cm³/mol. The number of rotatable bonds is 3. The predicted octanol–water partition coefficient (Wildman–Crippen LogP) is 0.807. The summed E-state index contributed by atoms with van der Waals surface area (Å²) in [7, 11) is 1.64. The van der Waals surface area contributed by atoms with Crippen LogP contribution in [0.5, 0.6) is 0 Å². The van der Waals surface area contributed by atoms with Crippen LogP contribution >= 0.6 is 11.3 Å². The normalized spacial score (nSPS) is 27.1.